The van der Waals surface area contributed by atoms with Gasteiger partial charge in [0.05, 0.1) is 0 Å². The fourth-order valence-corrected chi connectivity index (χ4v) is 2.38. The molecule has 1 aromatic heterocycles. The van der Waals surface area contributed by atoms with Crippen LogP contribution in [0.15, 0.2) is 18.2 Å². The van der Waals surface area contributed by atoms with Gasteiger partial charge in [0, 0.05) is 10.1 Å². The van der Waals surface area contributed by atoms with Crippen molar-refractivity contribution in [3.05, 3.63) is 23.2 Å². The van der Waals surface area contributed by atoms with Gasteiger partial charge in [-0.15, -0.1) is 0 Å². The SMILES string of the molecule is OB(O)c1ccc2sc(O)c(Cl)c2c1. The number of aromatic hydroxyl groups is 1. The molecule has 3 N–H and O–H groups in total. The van der Waals surface area contributed by atoms with E-state index in [1.165, 1.54) is 0 Å². The van der Waals surface area contributed by atoms with Gasteiger partial charge in [0.2, 0.25) is 0 Å². The highest BCUT2D eigenvalue weighted by atomic mass is 35.5. The average molecular weight is 228 g/mol. The Morgan fingerprint density at radius 3 is 2.64 bits per heavy atom. The quantitative estimate of drug-likeness (QED) is 0.637. The van der Waals surface area contributed by atoms with Gasteiger partial charge in [-0.05, 0) is 11.5 Å². The molecular weight excluding hydrogens is 222 g/mol. The van der Waals surface area contributed by atoms with Crippen molar-refractivity contribution in [1.29, 1.82) is 0 Å². The second-order valence-electron chi connectivity index (χ2n) is 2.85. The second kappa shape index (κ2) is 3.44. The molecule has 0 saturated carbocycles. The van der Waals surface area contributed by atoms with E-state index in [0.717, 1.165) is 16.0 Å². The van der Waals surface area contributed by atoms with Crippen LogP contribution in [-0.2, 0) is 0 Å². The lowest BCUT2D eigenvalue weighted by atomic mass is 9.80. The summed E-state index contributed by atoms with van der Waals surface area (Å²) in [6, 6.07) is 4.83. The summed E-state index contributed by atoms with van der Waals surface area (Å²) in [7, 11) is -1.52. The van der Waals surface area contributed by atoms with Crippen molar-refractivity contribution in [2.45, 2.75) is 0 Å². The van der Waals surface area contributed by atoms with Crippen molar-refractivity contribution in [3.8, 4) is 5.06 Å². The topological polar surface area (TPSA) is 60.7 Å². The summed E-state index contributed by atoms with van der Waals surface area (Å²) in [5, 5.41) is 28.1. The predicted molar refractivity (Wildman–Crippen MR) is 58.3 cm³/mol. The zero-order chi connectivity index (χ0) is 10.3. The van der Waals surface area contributed by atoms with Crippen LogP contribution in [0.5, 0.6) is 5.06 Å². The van der Waals surface area contributed by atoms with Crippen LogP contribution in [0, 0.1) is 0 Å². The van der Waals surface area contributed by atoms with Crippen molar-refractivity contribution in [1.82, 2.24) is 0 Å². The highest BCUT2D eigenvalue weighted by Gasteiger charge is 2.14. The van der Waals surface area contributed by atoms with E-state index in [-0.39, 0.29) is 10.1 Å². The van der Waals surface area contributed by atoms with Gasteiger partial charge in [0.25, 0.3) is 0 Å². The molecule has 0 unspecified atom stereocenters. The van der Waals surface area contributed by atoms with E-state index >= 15 is 0 Å². The van der Waals surface area contributed by atoms with Gasteiger partial charge in [-0.1, -0.05) is 35.1 Å². The molecule has 0 bridgehead atoms. The summed E-state index contributed by atoms with van der Waals surface area (Å²) in [6.07, 6.45) is 0. The van der Waals surface area contributed by atoms with Crippen molar-refractivity contribution >= 4 is 45.6 Å². The minimum Gasteiger partial charge on any atom is -0.498 e. The Hall–Kier alpha value is -0.745. The summed E-state index contributed by atoms with van der Waals surface area (Å²) in [6.45, 7) is 0. The van der Waals surface area contributed by atoms with Gasteiger partial charge in [-0.25, -0.2) is 0 Å². The smallest absolute Gasteiger partial charge is 0.488 e. The Kier molecular flexibility index (Phi) is 2.40. The Morgan fingerprint density at radius 1 is 1.29 bits per heavy atom. The normalized spacial score (nSPS) is 10.8. The first-order valence-corrected chi connectivity index (χ1v) is 5.06. The van der Waals surface area contributed by atoms with Crippen LogP contribution < -0.4 is 5.46 Å². The van der Waals surface area contributed by atoms with Crippen LogP contribution in [0.3, 0.4) is 0 Å². The molecule has 0 amide bonds. The summed E-state index contributed by atoms with van der Waals surface area (Å²) in [5.74, 6) is 0. The molecule has 3 nitrogen and oxygen atoms in total. The van der Waals surface area contributed by atoms with Crippen molar-refractivity contribution in [2.24, 2.45) is 0 Å². The lowest BCUT2D eigenvalue weighted by Gasteiger charge is -1.98. The van der Waals surface area contributed by atoms with Gasteiger partial charge < -0.3 is 15.2 Å². The molecule has 1 aromatic carbocycles. The van der Waals surface area contributed by atoms with E-state index in [1.54, 1.807) is 18.2 Å². The van der Waals surface area contributed by atoms with Gasteiger partial charge in [-0.3, -0.25) is 0 Å². The molecule has 0 aliphatic carbocycles. The Balaban J connectivity index is 2.69. The Bertz CT molecular complexity index is 483. The third-order valence-electron chi connectivity index (χ3n) is 1.93. The summed E-state index contributed by atoms with van der Waals surface area (Å²) in [4.78, 5) is 0. The molecule has 2 rings (SSSR count). The fraction of sp³-hybridized carbons (Fsp3) is 0. The molecule has 0 aliphatic heterocycles. The van der Waals surface area contributed by atoms with Gasteiger partial charge in [0.15, 0.2) is 5.06 Å². The molecule has 1 heterocycles. The number of hydrogen-bond acceptors (Lipinski definition) is 4. The maximum atomic E-state index is 9.33. The molecule has 0 spiro atoms. The molecule has 6 heteroatoms. The van der Waals surface area contributed by atoms with Gasteiger partial charge in [-0.2, -0.15) is 0 Å². The first-order chi connectivity index (χ1) is 6.59. The number of fused-ring (bicyclic) bond motifs is 1. The first kappa shape index (κ1) is 9.80. The highest BCUT2D eigenvalue weighted by Crippen LogP contribution is 2.39. The summed E-state index contributed by atoms with van der Waals surface area (Å²) >= 11 is 6.97. The minimum atomic E-state index is -1.52. The zero-order valence-corrected chi connectivity index (χ0v) is 8.51. The molecular formula is C8H6BClO3S. The van der Waals surface area contributed by atoms with Crippen LogP contribution in [0.1, 0.15) is 0 Å². The number of halogens is 1. The average Bonchev–Trinajstić information content (AvgIpc) is 2.43. The lowest BCUT2D eigenvalue weighted by Crippen LogP contribution is -2.29. The third kappa shape index (κ3) is 1.48. The van der Waals surface area contributed by atoms with E-state index < -0.39 is 7.12 Å². The van der Waals surface area contributed by atoms with E-state index in [2.05, 4.69) is 0 Å². The molecule has 72 valence electrons. The monoisotopic (exact) mass is 228 g/mol. The molecule has 2 aromatic rings. The fourth-order valence-electron chi connectivity index (χ4n) is 1.23. The molecule has 0 saturated heterocycles. The predicted octanol–water partition coefficient (Wildman–Crippen LogP) is 0.940. The largest absolute Gasteiger partial charge is 0.498 e. The van der Waals surface area contributed by atoms with Crippen LogP contribution in [0.4, 0.5) is 0 Å². The van der Waals surface area contributed by atoms with Crippen molar-refractivity contribution in [2.75, 3.05) is 0 Å². The first-order valence-electron chi connectivity index (χ1n) is 3.86. The maximum absolute atomic E-state index is 9.33. The van der Waals surface area contributed by atoms with E-state index in [4.69, 9.17) is 21.6 Å². The number of benzene rings is 1. The maximum Gasteiger partial charge on any atom is 0.488 e. The van der Waals surface area contributed by atoms with Gasteiger partial charge in [0.1, 0.15) is 5.02 Å². The number of thiophene rings is 1. The Labute approximate surface area is 89.3 Å². The molecule has 0 radical (unpaired) electrons. The zero-order valence-electron chi connectivity index (χ0n) is 6.94. The van der Waals surface area contributed by atoms with E-state index in [9.17, 15) is 5.11 Å². The van der Waals surface area contributed by atoms with Gasteiger partial charge >= 0.3 is 7.12 Å². The molecule has 14 heavy (non-hydrogen) atoms. The minimum absolute atomic E-state index is 0.0475. The van der Waals surface area contributed by atoms with Crippen molar-refractivity contribution in [3.63, 3.8) is 0 Å². The van der Waals surface area contributed by atoms with Crippen LogP contribution in [0.2, 0.25) is 5.02 Å². The lowest BCUT2D eigenvalue weighted by molar-refractivity contribution is 0.426. The standard InChI is InChI=1S/C8H6BClO3S/c10-7-5-3-4(9(12)13)1-2-6(5)14-8(7)11/h1-3,11-13H. The summed E-state index contributed by atoms with van der Waals surface area (Å²) in [5.41, 5.74) is 0.359. The van der Waals surface area contributed by atoms with E-state index in [1.807, 2.05) is 0 Å². The van der Waals surface area contributed by atoms with Crippen LogP contribution >= 0.6 is 22.9 Å². The Morgan fingerprint density at radius 2 is 2.00 bits per heavy atom. The summed E-state index contributed by atoms with van der Waals surface area (Å²) < 4.78 is 0.817. The highest BCUT2D eigenvalue weighted by molar-refractivity contribution is 7.21. The molecule has 0 atom stereocenters. The third-order valence-corrected chi connectivity index (χ3v) is 3.40. The van der Waals surface area contributed by atoms with Crippen LogP contribution in [-0.4, -0.2) is 22.3 Å². The second-order valence-corrected chi connectivity index (χ2v) is 4.26. The van der Waals surface area contributed by atoms with E-state index in [0.29, 0.717) is 10.8 Å². The number of rotatable bonds is 1. The number of hydrogen-bond donors (Lipinski definition) is 3. The molecule has 0 aliphatic rings. The van der Waals surface area contributed by atoms with Crippen LogP contribution in [0.25, 0.3) is 10.1 Å². The van der Waals surface area contributed by atoms with Crippen molar-refractivity contribution < 1.29 is 15.2 Å². The molecule has 0 fully saturated rings.